The fraction of sp³-hybridized carbons (Fsp3) is 0.333. The van der Waals surface area contributed by atoms with Crippen LogP contribution in [0, 0.1) is 6.92 Å². The number of benzene rings is 1. The molecule has 0 atom stereocenters. The van der Waals surface area contributed by atoms with E-state index in [1.165, 1.54) is 4.68 Å². The Hall–Kier alpha value is -2.56. The van der Waals surface area contributed by atoms with Crippen molar-refractivity contribution in [2.24, 2.45) is 0 Å². The first-order chi connectivity index (χ1) is 11.1. The summed E-state index contributed by atoms with van der Waals surface area (Å²) in [7, 11) is 0. The van der Waals surface area contributed by atoms with Crippen LogP contribution < -0.4 is 11.0 Å². The van der Waals surface area contributed by atoms with Crippen molar-refractivity contribution < 1.29 is 0 Å². The molecule has 2 heterocycles. The van der Waals surface area contributed by atoms with Crippen LogP contribution in [0.2, 0.25) is 0 Å². The van der Waals surface area contributed by atoms with Crippen LogP contribution in [0.15, 0.2) is 39.9 Å². The van der Waals surface area contributed by atoms with E-state index in [0.717, 1.165) is 30.5 Å². The molecule has 3 aromatic rings. The van der Waals surface area contributed by atoms with E-state index in [1.54, 1.807) is 0 Å². The van der Waals surface area contributed by atoms with Gasteiger partial charge in [0.2, 0.25) is 0 Å². The number of aryl methyl sites for hydroxylation is 1. The van der Waals surface area contributed by atoms with Gasteiger partial charge in [0.05, 0.1) is 5.69 Å². The zero-order chi connectivity index (χ0) is 16.4. The van der Waals surface area contributed by atoms with Gasteiger partial charge in [0.15, 0.2) is 5.43 Å². The van der Waals surface area contributed by atoms with Gasteiger partial charge in [0.25, 0.3) is 5.56 Å². The highest BCUT2D eigenvalue weighted by atomic mass is 16.1. The molecule has 0 amide bonds. The van der Waals surface area contributed by atoms with E-state index >= 15 is 0 Å². The minimum atomic E-state index is -0.302. The van der Waals surface area contributed by atoms with Crippen LogP contribution in [0.3, 0.4) is 0 Å². The number of nitrogens with zero attached hydrogens (tertiary/aromatic N) is 1. The van der Waals surface area contributed by atoms with Crippen LogP contribution in [0.5, 0.6) is 0 Å². The average Bonchev–Trinajstić information content (AvgIpc) is 2.88. The molecule has 3 rings (SSSR count). The lowest BCUT2D eigenvalue weighted by Crippen LogP contribution is -2.21. The SMILES string of the molecule is CCCCCc1c(C)[nH]c2[nH]n(-c3ccccc3)c(=O)c2c1=O. The highest BCUT2D eigenvalue weighted by Crippen LogP contribution is 2.12. The van der Waals surface area contributed by atoms with Crippen molar-refractivity contribution in [1.82, 2.24) is 14.8 Å². The molecular formula is C18H21N3O2. The van der Waals surface area contributed by atoms with Crippen molar-refractivity contribution in [3.05, 3.63) is 62.2 Å². The molecule has 0 unspecified atom stereocenters. The van der Waals surface area contributed by atoms with Gasteiger partial charge in [-0.3, -0.25) is 14.7 Å². The number of pyridine rings is 1. The summed E-state index contributed by atoms with van der Waals surface area (Å²) >= 11 is 0. The predicted molar refractivity (Wildman–Crippen MR) is 92.5 cm³/mol. The summed E-state index contributed by atoms with van der Waals surface area (Å²) in [5.41, 5.74) is 2.31. The maximum Gasteiger partial charge on any atom is 0.284 e. The topological polar surface area (TPSA) is 70.7 Å². The summed E-state index contributed by atoms with van der Waals surface area (Å²) in [6.45, 7) is 4.02. The number of fused-ring (bicyclic) bond motifs is 1. The van der Waals surface area contributed by atoms with Gasteiger partial charge >= 0.3 is 0 Å². The third kappa shape index (κ3) is 2.74. The first kappa shape index (κ1) is 15.3. The second-order valence-corrected chi connectivity index (χ2v) is 5.85. The predicted octanol–water partition coefficient (Wildman–Crippen LogP) is 3.05. The Bertz CT molecular complexity index is 933. The van der Waals surface area contributed by atoms with E-state index in [4.69, 9.17) is 0 Å². The van der Waals surface area contributed by atoms with Gasteiger partial charge in [0.1, 0.15) is 11.0 Å². The Morgan fingerprint density at radius 1 is 1.09 bits per heavy atom. The molecule has 0 spiro atoms. The highest BCUT2D eigenvalue weighted by Gasteiger charge is 2.16. The lowest BCUT2D eigenvalue weighted by Gasteiger charge is -2.04. The second-order valence-electron chi connectivity index (χ2n) is 5.85. The van der Waals surface area contributed by atoms with Crippen molar-refractivity contribution in [1.29, 1.82) is 0 Å². The maximum atomic E-state index is 12.8. The number of aromatic amines is 2. The highest BCUT2D eigenvalue weighted by molar-refractivity contribution is 5.75. The van der Waals surface area contributed by atoms with Gasteiger partial charge in [0, 0.05) is 11.3 Å². The van der Waals surface area contributed by atoms with E-state index in [9.17, 15) is 9.59 Å². The molecule has 0 saturated heterocycles. The molecule has 0 aliphatic rings. The van der Waals surface area contributed by atoms with Crippen molar-refractivity contribution >= 4 is 11.0 Å². The first-order valence-corrected chi connectivity index (χ1v) is 8.05. The molecule has 0 saturated carbocycles. The van der Waals surface area contributed by atoms with Crippen LogP contribution in [0.1, 0.15) is 37.4 Å². The summed E-state index contributed by atoms with van der Waals surface area (Å²) in [4.78, 5) is 28.6. The van der Waals surface area contributed by atoms with Crippen molar-refractivity contribution in [2.45, 2.75) is 39.5 Å². The van der Waals surface area contributed by atoms with Crippen molar-refractivity contribution in [3.8, 4) is 5.69 Å². The third-order valence-electron chi connectivity index (χ3n) is 4.20. The Balaban J connectivity index is 2.16. The summed E-state index contributed by atoms with van der Waals surface area (Å²) in [6, 6.07) is 9.26. The molecule has 0 aliphatic carbocycles. The average molecular weight is 311 g/mol. The van der Waals surface area contributed by atoms with Gasteiger partial charge in [-0.25, -0.2) is 4.68 Å². The molecule has 120 valence electrons. The molecule has 5 nitrogen and oxygen atoms in total. The molecule has 0 bridgehead atoms. The number of hydrogen-bond acceptors (Lipinski definition) is 2. The van der Waals surface area contributed by atoms with E-state index < -0.39 is 0 Å². The Labute approximate surface area is 134 Å². The number of H-pyrrole nitrogens is 2. The normalized spacial score (nSPS) is 11.2. The monoisotopic (exact) mass is 311 g/mol. The summed E-state index contributed by atoms with van der Waals surface area (Å²) in [5, 5.41) is 3.22. The summed E-state index contributed by atoms with van der Waals surface area (Å²) in [6.07, 6.45) is 3.85. The summed E-state index contributed by atoms with van der Waals surface area (Å²) in [5.74, 6) is 0. The molecule has 0 fully saturated rings. The van der Waals surface area contributed by atoms with Gasteiger partial charge in [-0.15, -0.1) is 0 Å². The van der Waals surface area contributed by atoms with E-state index in [1.807, 2.05) is 37.3 Å². The molecule has 23 heavy (non-hydrogen) atoms. The van der Waals surface area contributed by atoms with Crippen LogP contribution in [0.4, 0.5) is 0 Å². The van der Waals surface area contributed by atoms with E-state index in [2.05, 4.69) is 17.0 Å². The van der Waals surface area contributed by atoms with E-state index in [-0.39, 0.29) is 16.4 Å². The van der Waals surface area contributed by atoms with Gasteiger partial charge in [-0.2, -0.15) is 0 Å². The van der Waals surface area contributed by atoms with Gasteiger partial charge < -0.3 is 4.98 Å². The zero-order valence-electron chi connectivity index (χ0n) is 13.5. The lowest BCUT2D eigenvalue weighted by molar-refractivity contribution is 0.712. The van der Waals surface area contributed by atoms with E-state index in [0.29, 0.717) is 17.8 Å². The molecule has 2 aromatic heterocycles. The quantitative estimate of drug-likeness (QED) is 0.711. The zero-order valence-corrected chi connectivity index (χ0v) is 13.5. The van der Waals surface area contributed by atoms with Crippen LogP contribution >= 0.6 is 0 Å². The smallest absolute Gasteiger partial charge is 0.284 e. The number of hydrogen-bond donors (Lipinski definition) is 2. The largest absolute Gasteiger partial charge is 0.343 e. The molecule has 1 aromatic carbocycles. The number of aromatic nitrogens is 3. The Morgan fingerprint density at radius 2 is 1.83 bits per heavy atom. The molecular weight excluding hydrogens is 290 g/mol. The molecule has 2 N–H and O–H groups in total. The third-order valence-corrected chi connectivity index (χ3v) is 4.20. The molecule has 5 heteroatoms. The fourth-order valence-corrected chi connectivity index (χ4v) is 2.93. The minimum Gasteiger partial charge on any atom is -0.343 e. The van der Waals surface area contributed by atoms with Crippen molar-refractivity contribution in [2.75, 3.05) is 0 Å². The number of nitrogens with one attached hydrogen (secondary N) is 2. The standard InChI is InChI=1S/C18H21N3O2/c1-3-4-6-11-14-12(2)19-17-15(16(14)22)18(23)21(20-17)13-9-7-5-8-10-13/h5,7-10H,3-4,6,11H2,1-2H3,(H2,19,20,22). The van der Waals surface area contributed by atoms with Crippen LogP contribution in [-0.2, 0) is 6.42 Å². The van der Waals surface area contributed by atoms with Crippen molar-refractivity contribution in [3.63, 3.8) is 0 Å². The number of para-hydroxylation sites is 1. The number of unbranched alkanes of at least 4 members (excludes halogenated alkanes) is 2. The first-order valence-electron chi connectivity index (χ1n) is 8.05. The molecule has 0 radical (unpaired) electrons. The Kier molecular flexibility index (Phi) is 4.19. The second kappa shape index (κ2) is 6.28. The summed E-state index contributed by atoms with van der Waals surface area (Å²) < 4.78 is 1.41. The van der Waals surface area contributed by atoms with Crippen LogP contribution in [0.25, 0.3) is 16.7 Å². The Morgan fingerprint density at radius 3 is 2.52 bits per heavy atom. The number of rotatable bonds is 5. The minimum absolute atomic E-state index is 0.150. The molecule has 0 aliphatic heterocycles. The van der Waals surface area contributed by atoms with Gasteiger partial charge in [-0.05, 0) is 31.9 Å². The van der Waals surface area contributed by atoms with Crippen LogP contribution in [-0.4, -0.2) is 14.8 Å². The lowest BCUT2D eigenvalue weighted by atomic mass is 10.0. The van der Waals surface area contributed by atoms with Gasteiger partial charge in [-0.1, -0.05) is 38.0 Å². The maximum absolute atomic E-state index is 12.8. The fourth-order valence-electron chi connectivity index (χ4n) is 2.93.